The number of nitrogens with one attached hydrogen (secondary N) is 1. The lowest BCUT2D eigenvalue weighted by molar-refractivity contribution is 0.0600. The molecule has 2 heterocycles. The van der Waals surface area contributed by atoms with E-state index in [2.05, 4.69) is 20.5 Å². The molecule has 0 aliphatic rings. The molecule has 0 radical (unpaired) electrons. The predicted molar refractivity (Wildman–Crippen MR) is 108 cm³/mol. The molecular formula is C20H22FN5O2S. The average Bonchev–Trinajstić information content (AvgIpc) is 3.10. The maximum absolute atomic E-state index is 13.2. The van der Waals surface area contributed by atoms with Crippen molar-refractivity contribution < 1.29 is 13.9 Å². The van der Waals surface area contributed by atoms with E-state index in [1.165, 1.54) is 31.0 Å². The highest BCUT2D eigenvalue weighted by Gasteiger charge is 2.13. The lowest BCUT2D eigenvalue weighted by Gasteiger charge is -2.11. The van der Waals surface area contributed by atoms with E-state index in [0.717, 1.165) is 27.9 Å². The fourth-order valence-corrected chi connectivity index (χ4v) is 3.41. The number of hydrogen-bond donors (Lipinski definition) is 1. The van der Waals surface area contributed by atoms with Gasteiger partial charge in [-0.2, -0.15) is 0 Å². The van der Waals surface area contributed by atoms with Crippen LogP contribution < -0.4 is 5.32 Å². The van der Waals surface area contributed by atoms with Gasteiger partial charge in [-0.25, -0.2) is 9.18 Å². The average molecular weight is 415 g/mol. The first kappa shape index (κ1) is 20.9. The lowest BCUT2D eigenvalue weighted by Crippen LogP contribution is -2.19. The van der Waals surface area contributed by atoms with Crippen LogP contribution in [0.25, 0.3) is 0 Å². The first-order valence-corrected chi connectivity index (χ1v) is 10.2. The van der Waals surface area contributed by atoms with Gasteiger partial charge in [0.1, 0.15) is 11.6 Å². The molecule has 0 atom stereocenters. The standard InChI is InChI=1S/C20H22FN5O2S/c1-13-8-15(19(27)28-2)9-17(23-13)10-22-11-18-24-25-20(29-3)26(18)12-14-4-6-16(21)7-5-14/h4-9,22H,10-12H2,1-3H3. The summed E-state index contributed by atoms with van der Waals surface area (Å²) in [6, 6.07) is 9.79. The van der Waals surface area contributed by atoms with Gasteiger partial charge in [0.05, 0.1) is 31.5 Å². The Kier molecular flexibility index (Phi) is 6.95. The van der Waals surface area contributed by atoms with E-state index in [9.17, 15) is 9.18 Å². The van der Waals surface area contributed by atoms with E-state index in [1.807, 2.05) is 17.7 Å². The van der Waals surface area contributed by atoms with Gasteiger partial charge in [-0.05, 0) is 43.0 Å². The molecule has 0 bridgehead atoms. The van der Waals surface area contributed by atoms with Crippen molar-refractivity contribution in [3.05, 3.63) is 70.6 Å². The number of thioether (sulfide) groups is 1. The predicted octanol–water partition coefficient (Wildman–Crippen LogP) is 2.97. The van der Waals surface area contributed by atoms with Crippen molar-refractivity contribution in [1.29, 1.82) is 0 Å². The molecule has 29 heavy (non-hydrogen) atoms. The maximum atomic E-state index is 13.2. The van der Waals surface area contributed by atoms with E-state index < -0.39 is 0 Å². The van der Waals surface area contributed by atoms with Gasteiger partial charge >= 0.3 is 5.97 Å². The number of aromatic nitrogens is 4. The summed E-state index contributed by atoms with van der Waals surface area (Å²) >= 11 is 1.50. The number of nitrogens with zero attached hydrogens (tertiary/aromatic N) is 4. The molecule has 7 nitrogen and oxygen atoms in total. The first-order valence-electron chi connectivity index (χ1n) is 8.97. The van der Waals surface area contributed by atoms with Crippen molar-refractivity contribution in [3.8, 4) is 0 Å². The van der Waals surface area contributed by atoms with E-state index in [4.69, 9.17) is 4.74 Å². The molecule has 0 fully saturated rings. The molecule has 0 aliphatic carbocycles. The lowest BCUT2D eigenvalue weighted by atomic mass is 10.2. The van der Waals surface area contributed by atoms with Crippen LogP contribution in [0.1, 0.15) is 33.1 Å². The summed E-state index contributed by atoms with van der Waals surface area (Å²) in [6.07, 6.45) is 1.94. The monoisotopic (exact) mass is 415 g/mol. The zero-order valence-electron chi connectivity index (χ0n) is 16.5. The Hall–Kier alpha value is -2.78. The molecule has 0 spiro atoms. The number of halogens is 1. The van der Waals surface area contributed by atoms with Crippen LogP contribution in [-0.4, -0.2) is 39.1 Å². The van der Waals surface area contributed by atoms with E-state index in [-0.39, 0.29) is 11.8 Å². The molecule has 2 aromatic heterocycles. The molecule has 9 heteroatoms. The van der Waals surface area contributed by atoms with Crippen molar-refractivity contribution in [2.75, 3.05) is 13.4 Å². The Morgan fingerprint density at radius 1 is 1.21 bits per heavy atom. The summed E-state index contributed by atoms with van der Waals surface area (Å²) in [5.41, 5.74) is 2.92. The number of benzene rings is 1. The molecular weight excluding hydrogens is 393 g/mol. The normalized spacial score (nSPS) is 10.9. The highest BCUT2D eigenvalue weighted by Crippen LogP contribution is 2.16. The molecule has 3 aromatic rings. The van der Waals surface area contributed by atoms with Gasteiger partial charge in [0, 0.05) is 12.2 Å². The van der Waals surface area contributed by atoms with Crippen molar-refractivity contribution in [2.24, 2.45) is 0 Å². The van der Waals surface area contributed by atoms with Crippen molar-refractivity contribution in [1.82, 2.24) is 25.1 Å². The molecule has 0 saturated heterocycles. The van der Waals surface area contributed by atoms with E-state index in [0.29, 0.717) is 25.2 Å². The largest absolute Gasteiger partial charge is 0.465 e. The molecule has 0 unspecified atom stereocenters. The third-order valence-electron chi connectivity index (χ3n) is 4.25. The van der Waals surface area contributed by atoms with Gasteiger partial charge < -0.3 is 14.6 Å². The Morgan fingerprint density at radius 2 is 1.97 bits per heavy atom. The number of esters is 1. The minimum Gasteiger partial charge on any atom is -0.465 e. The smallest absolute Gasteiger partial charge is 0.337 e. The minimum absolute atomic E-state index is 0.263. The van der Waals surface area contributed by atoms with Crippen molar-refractivity contribution >= 4 is 17.7 Å². The molecule has 0 saturated carbocycles. The maximum Gasteiger partial charge on any atom is 0.337 e. The molecule has 1 N–H and O–H groups in total. The van der Waals surface area contributed by atoms with Crippen LogP contribution in [-0.2, 0) is 24.4 Å². The van der Waals surface area contributed by atoms with E-state index >= 15 is 0 Å². The topological polar surface area (TPSA) is 81.9 Å². The second kappa shape index (κ2) is 9.62. The zero-order valence-corrected chi connectivity index (χ0v) is 17.3. The summed E-state index contributed by atoms with van der Waals surface area (Å²) < 4.78 is 19.9. The van der Waals surface area contributed by atoms with Crippen LogP contribution in [0.3, 0.4) is 0 Å². The third-order valence-corrected chi connectivity index (χ3v) is 4.91. The van der Waals surface area contributed by atoms with Gasteiger partial charge in [-0.1, -0.05) is 23.9 Å². The van der Waals surface area contributed by atoms with Gasteiger partial charge in [0.2, 0.25) is 0 Å². The zero-order chi connectivity index (χ0) is 20.8. The Bertz CT molecular complexity index is 991. The second-order valence-electron chi connectivity index (χ2n) is 6.40. The summed E-state index contributed by atoms with van der Waals surface area (Å²) in [5, 5.41) is 12.6. The molecule has 0 aliphatic heterocycles. The summed E-state index contributed by atoms with van der Waals surface area (Å²) in [6.45, 7) is 3.32. The molecule has 152 valence electrons. The second-order valence-corrected chi connectivity index (χ2v) is 7.17. The quantitative estimate of drug-likeness (QED) is 0.447. The highest BCUT2D eigenvalue weighted by molar-refractivity contribution is 7.98. The number of aryl methyl sites for hydroxylation is 1. The minimum atomic E-state index is -0.389. The SMILES string of the molecule is COC(=O)c1cc(C)nc(CNCc2nnc(SC)n2Cc2ccc(F)cc2)c1. The number of pyridine rings is 1. The Balaban J connectivity index is 1.70. The van der Waals surface area contributed by atoms with Gasteiger partial charge in [0.15, 0.2) is 5.16 Å². The van der Waals surface area contributed by atoms with Crippen LogP contribution in [0.15, 0.2) is 41.6 Å². The van der Waals surface area contributed by atoms with Crippen LogP contribution in [0.2, 0.25) is 0 Å². The number of carbonyl (C=O) groups is 1. The third kappa shape index (κ3) is 5.39. The van der Waals surface area contributed by atoms with Crippen LogP contribution >= 0.6 is 11.8 Å². The first-order chi connectivity index (χ1) is 14.0. The van der Waals surface area contributed by atoms with Gasteiger partial charge in [-0.3, -0.25) is 4.98 Å². The van der Waals surface area contributed by atoms with E-state index in [1.54, 1.807) is 24.3 Å². The van der Waals surface area contributed by atoms with Crippen LogP contribution in [0.4, 0.5) is 4.39 Å². The number of rotatable bonds is 8. The number of hydrogen-bond acceptors (Lipinski definition) is 7. The fourth-order valence-electron chi connectivity index (χ4n) is 2.90. The molecule has 0 amide bonds. The Labute approximate surface area is 172 Å². The van der Waals surface area contributed by atoms with Crippen LogP contribution in [0.5, 0.6) is 0 Å². The van der Waals surface area contributed by atoms with Crippen molar-refractivity contribution in [3.63, 3.8) is 0 Å². The fraction of sp³-hybridized carbons (Fsp3) is 0.300. The number of ether oxygens (including phenoxy) is 1. The summed E-state index contributed by atoms with van der Waals surface area (Å²) in [7, 11) is 1.35. The van der Waals surface area contributed by atoms with Gasteiger partial charge in [0.25, 0.3) is 0 Å². The summed E-state index contributed by atoms with van der Waals surface area (Å²) in [4.78, 5) is 16.2. The van der Waals surface area contributed by atoms with Gasteiger partial charge in [-0.15, -0.1) is 10.2 Å². The van der Waals surface area contributed by atoms with Crippen molar-refractivity contribution in [2.45, 2.75) is 31.7 Å². The summed E-state index contributed by atoms with van der Waals surface area (Å²) in [5.74, 6) is 0.112. The molecule has 1 aromatic carbocycles. The number of carbonyl (C=O) groups excluding carboxylic acids is 1. The highest BCUT2D eigenvalue weighted by atomic mass is 32.2. The number of methoxy groups -OCH3 is 1. The Morgan fingerprint density at radius 3 is 2.66 bits per heavy atom. The van der Waals surface area contributed by atoms with Crippen LogP contribution in [0, 0.1) is 12.7 Å². The molecule has 3 rings (SSSR count).